The van der Waals surface area contributed by atoms with E-state index in [0.717, 1.165) is 25.7 Å². The molecule has 1 rings (SSSR count). The summed E-state index contributed by atoms with van der Waals surface area (Å²) in [5.74, 6) is -0.943. The van der Waals surface area contributed by atoms with Crippen LogP contribution < -0.4 is 10.6 Å². The zero-order chi connectivity index (χ0) is 15.0. The average molecular weight is 284 g/mol. The number of amides is 2. The Hall–Kier alpha value is -1.59. The Labute approximate surface area is 119 Å². The van der Waals surface area contributed by atoms with E-state index in [0.29, 0.717) is 19.4 Å². The molecular weight excluding hydrogens is 260 g/mol. The van der Waals surface area contributed by atoms with Gasteiger partial charge in [0.1, 0.15) is 6.04 Å². The first-order chi connectivity index (χ1) is 9.50. The number of unbranched alkanes of at least 4 members (excludes halogenated alkanes) is 1. The molecule has 0 aromatic carbocycles. The van der Waals surface area contributed by atoms with Crippen LogP contribution in [0.25, 0.3) is 0 Å². The third-order valence-corrected chi connectivity index (χ3v) is 3.63. The van der Waals surface area contributed by atoms with Gasteiger partial charge in [-0.05, 0) is 31.6 Å². The maximum atomic E-state index is 12.1. The van der Waals surface area contributed by atoms with E-state index in [1.807, 2.05) is 0 Å². The number of carboxylic acid groups (broad SMARTS) is 1. The minimum Gasteiger partial charge on any atom is -0.481 e. The molecule has 0 aromatic rings. The minimum atomic E-state index is -0.821. The lowest BCUT2D eigenvalue weighted by Gasteiger charge is -2.23. The van der Waals surface area contributed by atoms with Crippen LogP contribution in [0.4, 0.5) is 0 Å². The van der Waals surface area contributed by atoms with Crippen molar-refractivity contribution in [3.8, 4) is 0 Å². The Morgan fingerprint density at radius 3 is 2.40 bits per heavy atom. The molecule has 1 aliphatic carbocycles. The summed E-state index contributed by atoms with van der Waals surface area (Å²) < 4.78 is 0. The number of carbonyl (C=O) groups excluding carboxylic acids is 2. The standard InChI is InChI=1S/C14H24N2O4/c1-10(17)16-13(11-6-2-3-7-11)14(20)15-9-5-4-8-12(18)19/h11,13H,2-9H2,1H3,(H,15,20)(H,16,17)(H,18,19). The highest BCUT2D eigenvalue weighted by Gasteiger charge is 2.30. The molecule has 3 N–H and O–H groups in total. The van der Waals surface area contributed by atoms with Crippen molar-refractivity contribution in [3.05, 3.63) is 0 Å². The van der Waals surface area contributed by atoms with Crippen molar-refractivity contribution in [2.75, 3.05) is 6.54 Å². The van der Waals surface area contributed by atoms with Gasteiger partial charge < -0.3 is 15.7 Å². The SMILES string of the molecule is CC(=O)NC(C(=O)NCCCCC(=O)O)C1CCCC1. The van der Waals surface area contributed by atoms with E-state index in [1.54, 1.807) is 0 Å². The van der Waals surface area contributed by atoms with E-state index in [9.17, 15) is 14.4 Å². The molecule has 1 aliphatic rings. The third kappa shape index (κ3) is 6.04. The highest BCUT2D eigenvalue weighted by Crippen LogP contribution is 2.27. The highest BCUT2D eigenvalue weighted by atomic mass is 16.4. The Bertz CT molecular complexity index is 351. The van der Waals surface area contributed by atoms with Gasteiger partial charge in [-0.15, -0.1) is 0 Å². The Balaban J connectivity index is 2.34. The quantitative estimate of drug-likeness (QED) is 0.581. The normalized spacial score (nSPS) is 16.6. The highest BCUT2D eigenvalue weighted by molar-refractivity contribution is 5.87. The van der Waals surface area contributed by atoms with Crippen LogP contribution in [0.2, 0.25) is 0 Å². The summed E-state index contributed by atoms with van der Waals surface area (Å²) >= 11 is 0. The summed E-state index contributed by atoms with van der Waals surface area (Å²) in [7, 11) is 0. The third-order valence-electron chi connectivity index (χ3n) is 3.63. The molecule has 0 aliphatic heterocycles. The molecule has 1 unspecified atom stereocenters. The van der Waals surface area contributed by atoms with Gasteiger partial charge in [0.25, 0.3) is 0 Å². The van der Waals surface area contributed by atoms with E-state index in [1.165, 1.54) is 6.92 Å². The van der Waals surface area contributed by atoms with Crippen molar-refractivity contribution in [2.24, 2.45) is 5.92 Å². The van der Waals surface area contributed by atoms with Crippen molar-refractivity contribution in [1.29, 1.82) is 0 Å². The van der Waals surface area contributed by atoms with Crippen molar-refractivity contribution in [1.82, 2.24) is 10.6 Å². The van der Waals surface area contributed by atoms with Gasteiger partial charge in [0.15, 0.2) is 0 Å². The first kappa shape index (κ1) is 16.5. The van der Waals surface area contributed by atoms with E-state index in [-0.39, 0.29) is 24.2 Å². The van der Waals surface area contributed by atoms with Crippen LogP contribution in [0.5, 0.6) is 0 Å². The Morgan fingerprint density at radius 2 is 1.85 bits per heavy atom. The predicted octanol–water partition coefficient (Wildman–Crippen LogP) is 1.05. The van der Waals surface area contributed by atoms with Gasteiger partial charge in [0.2, 0.25) is 11.8 Å². The van der Waals surface area contributed by atoms with Crippen LogP contribution in [0.15, 0.2) is 0 Å². The maximum absolute atomic E-state index is 12.1. The van der Waals surface area contributed by atoms with E-state index in [4.69, 9.17) is 5.11 Å². The number of hydrogen-bond donors (Lipinski definition) is 3. The Kier molecular flexibility index (Phi) is 7.04. The van der Waals surface area contributed by atoms with Gasteiger partial charge in [-0.2, -0.15) is 0 Å². The van der Waals surface area contributed by atoms with Crippen LogP contribution in [0, 0.1) is 5.92 Å². The molecule has 114 valence electrons. The molecule has 0 bridgehead atoms. The molecule has 0 aromatic heterocycles. The van der Waals surface area contributed by atoms with Crippen molar-refractivity contribution in [2.45, 2.75) is 57.9 Å². The average Bonchev–Trinajstić information content (AvgIpc) is 2.88. The Morgan fingerprint density at radius 1 is 1.20 bits per heavy atom. The second kappa shape index (κ2) is 8.55. The smallest absolute Gasteiger partial charge is 0.303 e. The molecule has 1 saturated carbocycles. The van der Waals surface area contributed by atoms with Gasteiger partial charge in [0, 0.05) is 19.9 Å². The van der Waals surface area contributed by atoms with E-state index in [2.05, 4.69) is 10.6 Å². The molecule has 0 saturated heterocycles. The van der Waals surface area contributed by atoms with Gasteiger partial charge in [-0.25, -0.2) is 0 Å². The molecule has 0 heterocycles. The number of carbonyl (C=O) groups is 3. The zero-order valence-corrected chi connectivity index (χ0v) is 12.0. The number of nitrogens with one attached hydrogen (secondary N) is 2. The minimum absolute atomic E-state index is 0.119. The van der Waals surface area contributed by atoms with Crippen LogP contribution in [0.3, 0.4) is 0 Å². The fraction of sp³-hybridized carbons (Fsp3) is 0.786. The van der Waals surface area contributed by atoms with Crippen LogP contribution >= 0.6 is 0 Å². The number of rotatable bonds is 8. The summed E-state index contributed by atoms with van der Waals surface area (Å²) in [4.78, 5) is 33.7. The van der Waals surface area contributed by atoms with Gasteiger partial charge in [-0.3, -0.25) is 14.4 Å². The molecule has 0 radical (unpaired) electrons. The maximum Gasteiger partial charge on any atom is 0.303 e. The monoisotopic (exact) mass is 284 g/mol. The first-order valence-electron chi connectivity index (χ1n) is 7.27. The molecule has 6 heteroatoms. The molecule has 6 nitrogen and oxygen atoms in total. The lowest BCUT2D eigenvalue weighted by atomic mass is 9.97. The number of hydrogen-bond acceptors (Lipinski definition) is 3. The van der Waals surface area contributed by atoms with Crippen LogP contribution in [-0.2, 0) is 14.4 Å². The number of carboxylic acids is 1. The van der Waals surface area contributed by atoms with Gasteiger partial charge in [0.05, 0.1) is 0 Å². The molecule has 1 fully saturated rings. The van der Waals surface area contributed by atoms with Crippen molar-refractivity contribution >= 4 is 17.8 Å². The zero-order valence-electron chi connectivity index (χ0n) is 12.0. The van der Waals surface area contributed by atoms with Crippen molar-refractivity contribution < 1.29 is 19.5 Å². The molecule has 0 spiro atoms. The predicted molar refractivity (Wildman–Crippen MR) is 74.1 cm³/mol. The molecule has 2 amide bonds. The number of aliphatic carboxylic acids is 1. The van der Waals surface area contributed by atoms with Crippen LogP contribution in [0.1, 0.15) is 51.9 Å². The van der Waals surface area contributed by atoms with E-state index < -0.39 is 12.0 Å². The van der Waals surface area contributed by atoms with E-state index >= 15 is 0 Å². The summed E-state index contributed by atoms with van der Waals surface area (Å²) in [5.41, 5.74) is 0. The fourth-order valence-corrected chi connectivity index (χ4v) is 2.63. The molecular formula is C14H24N2O4. The first-order valence-corrected chi connectivity index (χ1v) is 7.27. The second-order valence-corrected chi connectivity index (χ2v) is 5.36. The topological polar surface area (TPSA) is 95.5 Å². The summed E-state index contributed by atoms with van der Waals surface area (Å²) in [6, 6.07) is -0.450. The fourth-order valence-electron chi connectivity index (χ4n) is 2.63. The lowest BCUT2D eigenvalue weighted by Crippen LogP contribution is -2.50. The van der Waals surface area contributed by atoms with Gasteiger partial charge in [-0.1, -0.05) is 12.8 Å². The summed E-state index contributed by atoms with van der Waals surface area (Å²) in [6.45, 7) is 1.87. The van der Waals surface area contributed by atoms with Gasteiger partial charge >= 0.3 is 5.97 Å². The molecule has 20 heavy (non-hydrogen) atoms. The second-order valence-electron chi connectivity index (χ2n) is 5.36. The summed E-state index contributed by atoms with van der Waals surface area (Å²) in [6.07, 6.45) is 5.45. The summed E-state index contributed by atoms with van der Waals surface area (Å²) in [5, 5.41) is 14.0. The lowest BCUT2D eigenvalue weighted by molar-refractivity contribution is -0.137. The molecule has 1 atom stereocenters. The van der Waals surface area contributed by atoms with Crippen LogP contribution in [-0.4, -0.2) is 35.5 Å². The largest absolute Gasteiger partial charge is 0.481 e. The van der Waals surface area contributed by atoms with Crippen molar-refractivity contribution in [3.63, 3.8) is 0 Å².